The molecule has 3 rings (SSSR count). The van der Waals surface area contributed by atoms with Gasteiger partial charge in [-0.25, -0.2) is 0 Å². The van der Waals surface area contributed by atoms with Gasteiger partial charge in [0, 0.05) is 23.5 Å². The molecule has 0 aromatic heterocycles. The van der Waals surface area contributed by atoms with Gasteiger partial charge in [-0.3, -0.25) is 4.99 Å². The molecule has 5 heteroatoms. The fraction of sp³-hybridized carbons (Fsp3) is 0.588. The van der Waals surface area contributed by atoms with E-state index in [1.807, 2.05) is 12.1 Å². The Labute approximate surface area is 155 Å². The topological polar surface area (TPSA) is 41.6 Å². The maximum atomic E-state index is 6.20. The quantitative estimate of drug-likeness (QED) is 0.444. The van der Waals surface area contributed by atoms with Gasteiger partial charge in [0.2, 0.25) is 0 Å². The lowest BCUT2D eigenvalue weighted by atomic mass is 9.96. The lowest BCUT2D eigenvalue weighted by Crippen LogP contribution is -2.43. The molecule has 2 N–H and O–H groups in total. The Hall–Kier alpha value is -0.490. The number of likely N-dealkylation sites (tertiary alicyclic amines) is 1. The predicted octanol–water partition coefficient (Wildman–Crippen LogP) is 4.04. The van der Waals surface area contributed by atoms with Crippen LogP contribution in [0.3, 0.4) is 0 Å². The van der Waals surface area contributed by atoms with E-state index < -0.39 is 0 Å². The first-order valence-electron chi connectivity index (χ1n) is 7.90. The minimum Gasteiger partial charge on any atom is -0.370 e. The van der Waals surface area contributed by atoms with Crippen molar-refractivity contribution < 1.29 is 0 Å². The Balaban J connectivity index is 0.00000176. The second kappa shape index (κ2) is 7.39. The van der Waals surface area contributed by atoms with Crippen LogP contribution < -0.4 is 5.73 Å². The number of rotatable bonds is 3. The van der Waals surface area contributed by atoms with Gasteiger partial charge < -0.3 is 10.6 Å². The molecule has 1 aliphatic carbocycles. The van der Waals surface area contributed by atoms with Gasteiger partial charge in [0.1, 0.15) is 0 Å². The smallest absolute Gasteiger partial charge is 0.191 e. The van der Waals surface area contributed by atoms with Crippen molar-refractivity contribution in [2.75, 3.05) is 19.6 Å². The van der Waals surface area contributed by atoms with Gasteiger partial charge in [0.15, 0.2) is 5.96 Å². The minimum atomic E-state index is 0. The summed E-state index contributed by atoms with van der Waals surface area (Å²) in [5.41, 5.74) is 7.69. The van der Waals surface area contributed by atoms with Gasteiger partial charge in [-0.2, -0.15) is 0 Å². The van der Waals surface area contributed by atoms with Crippen LogP contribution in [0.5, 0.6) is 0 Å². The summed E-state index contributed by atoms with van der Waals surface area (Å²) in [5.74, 6) is 1.44. The number of nitrogens with two attached hydrogens (primary N) is 1. The highest BCUT2D eigenvalue weighted by molar-refractivity contribution is 14.0. The van der Waals surface area contributed by atoms with E-state index in [0.717, 1.165) is 36.5 Å². The van der Waals surface area contributed by atoms with E-state index in [2.05, 4.69) is 24.0 Å². The SMILES string of the molecule is CC1CCCN(C(N)=NCC2(c3cccc(Cl)c3)CC2)C1.I. The molecule has 0 bridgehead atoms. The molecule has 1 unspecified atom stereocenters. The Kier molecular flexibility index (Phi) is 6.00. The zero-order valence-corrected chi connectivity index (χ0v) is 16.2. The molecule has 122 valence electrons. The molecule has 2 fully saturated rings. The summed E-state index contributed by atoms with van der Waals surface area (Å²) in [6.07, 6.45) is 4.88. The fourth-order valence-corrected chi connectivity index (χ4v) is 3.43. The third-order valence-electron chi connectivity index (χ3n) is 4.82. The van der Waals surface area contributed by atoms with E-state index in [1.165, 1.54) is 31.2 Å². The standard InChI is InChI=1S/C17H24ClN3.HI/c1-13-4-3-9-21(11-13)16(19)20-12-17(7-8-17)14-5-2-6-15(18)10-14;/h2,5-6,10,13H,3-4,7-9,11-12H2,1H3,(H2,19,20);1H. The number of benzene rings is 1. The van der Waals surface area contributed by atoms with Crippen LogP contribution in [0.4, 0.5) is 0 Å². The van der Waals surface area contributed by atoms with Crippen molar-refractivity contribution >= 4 is 41.5 Å². The average Bonchev–Trinajstić information content (AvgIpc) is 3.26. The van der Waals surface area contributed by atoms with Crippen molar-refractivity contribution in [2.45, 2.75) is 38.0 Å². The summed E-state index contributed by atoms with van der Waals surface area (Å²) in [4.78, 5) is 6.94. The van der Waals surface area contributed by atoms with Crippen LogP contribution in [0, 0.1) is 5.92 Å². The third kappa shape index (κ3) is 4.07. The predicted molar refractivity (Wildman–Crippen MR) is 104 cm³/mol. The van der Waals surface area contributed by atoms with Crippen LogP contribution in [-0.2, 0) is 5.41 Å². The first kappa shape index (κ1) is 17.9. The monoisotopic (exact) mass is 433 g/mol. The number of aliphatic imine (C=N–C) groups is 1. The van der Waals surface area contributed by atoms with Crippen molar-refractivity contribution in [3.05, 3.63) is 34.9 Å². The highest BCUT2D eigenvalue weighted by Crippen LogP contribution is 2.48. The van der Waals surface area contributed by atoms with Crippen molar-refractivity contribution in [1.29, 1.82) is 0 Å². The van der Waals surface area contributed by atoms with E-state index in [0.29, 0.717) is 0 Å². The van der Waals surface area contributed by atoms with Gasteiger partial charge in [-0.15, -0.1) is 24.0 Å². The molecule has 0 spiro atoms. The van der Waals surface area contributed by atoms with Gasteiger partial charge in [0.05, 0.1) is 6.54 Å². The highest BCUT2D eigenvalue weighted by atomic mass is 127. The van der Waals surface area contributed by atoms with Crippen LogP contribution in [0.25, 0.3) is 0 Å². The zero-order valence-electron chi connectivity index (χ0n) is 13.1. The number of halogens is 2. The molecule has 1 saturated carbocycles. The van der Waals surface area contributed by atoms with Crippen molar-refractivity contribution in [2.24, 2.45) is 16.6 Å². The summed E-state index contributed by atoms with van der Waals surface area (Å²) in [6, 6.07) is 8.18. The lowest BCUT2D eigenvalue weighted by Gasteiger charge is -2.32. The maximum absolute atomic E-state index is 6.20. The molecule has 2 aliphatic rings. The second-order valence-electron chi connectivity index (χ2n) is 6.66. The van der Waals surface area contributed by atoms with Crippen LogP contribution in [0.1, 0.15) is 38.2 Å². The van der Waals surface area contributed by atoms with Crippen molar-refractivity contribution in [1.82, 2.24) is 4.90 Å². The molecule has 1 atom stereocenters. The molecule has 1 aromatic rings. The Bertz CT molecular complexity index is 542. The largest absolute Gasteiger partial charge is 0.370 e. The molecule has 1 heterocycles. The molecule has 22 heavy (non-hydrogen) atoms. The molecule has 0 amide bonds. The van der Waals surface area contributed by atoms with Gasteiger partial charge in [-0.1, -0.05) is 30.7 Å². The van der Waals surface area contributed by atoms with E-state index in [1.54, 1.807) is 0 Å². The first-order chi connectivity index (χ1) is 10.1. The van der Waals surface area contributed by atoms with Crippen LogP contribution in [0.15, 0.2) is 29.3 Å². The summed E-state index contributed by atoms with van der Waals surface area (Å²) in [7, 11) is 0. The number of hydrogen-bond acceptors (Lipinski definition) is 1. The molecule has 1 aliphatic heterocycles. The zero-order chi connectivity index (χ0) is 14.9. The number of nitrogens with zero attached hydrogens (tertiary/aromatic N) is 2. The molecular weight excluding hydrogens is 409 g/mol. The van der Waals surface area contributed by atoms with Gasteiger partial charge >= 0.3 is 0 Å². The van der Waals surface area contributed by atoms with E-state index >= 15 is 0 Å². The second-order valence-corrected chi connectivity index (χ2v) is 7.09. The Morgan fingerprint density at radius 1 is 1.45 bits per heavy atom. The fourth-order valence-electron chi connectivity index (χ4n) is 3.24. The summed E-state index contributed by atoms with van der Waals surface area (Å²) in [6.45, 7) is 5.15. The third-order valence-corrected chi connectivity index (χ3v) is 5.05. The summed E-state index contributed by atoms with van der Waals surface area (Å²) >= 11 is 6.11. The first-order valence-corrected chi connectivity index (χ1v) is 8.28. The Morgan fingerprint density at radius 2 is 2.23 bits per heavy atom. The Morgan fingerprint density at radius 3 is 2.86 bits per heavy atom. The van der Waals surface area contributed by atoms with E-state index in [4.69, 9.17) is 22.3 Å². The van der Waals surface area contributed by atoms with E-state index in [-0.39, 0.29) is 29.4 Å². The minimum absolute atomic E-state index is 0. The lowest BCUT2D eigenvalue weighted by molar-refractivity contribution is 0.270. The molecular formula is C17H25ClIN3. The molecule has 0 radical (unpaired) electrons. The van der Waals surface area contributed by atoms with Gasteiger partial charge in [0.25, 0.3) is 0 Å². The molecule has 1 aromatic carbocycles. The summed E-state index contributed by atoms with van der Waals surface area (Å²) < 4.78 is 0. The van der Waals surface area contributed by atoms with Crippen molar-refractivity contribution in [3.8, 4) is 0 Å². The van der Waals surface area contributed by atoms with Crippen LogP contribution >= 0.6 is 35.6 Å². The summed E-state index contributed by atoms with van der Waals surface area (Å²) in [5, 5.41) is 0.806. The van der Waals surface area contributed by atoms with Crippen molar-refractivity contribution in [3.63, 3.8) is 0 Å². The highest BCUT2D eigenvalue weighted by Gasteiger charge is 2.44. The molecule has 3 nitrogen and oxygen atoms in total. The van der Waals surface area contributed by atoms with Crippen LogP contribution in [0.2, 0.25) is 5.02 Å². The number of guanidine groups is 1. The normalized spacial score (nSPS) is 23.8. The maximum Gasteiger partial charge on any atom is 0.191 e. The number of hydrogen-bond donors (Lipinski definition) is 1. The van der Waals surface area contributed by atoms with E-state index in [9.17, 15) is 0 Å². The average molecular weight is 434 g/mol. The van der Waals surface area contributed by atoms with Crippen LogP contribution in [-0.4, -0.2) is 30.5 Å². The molecule has 1 saturated heterocycles. The van der Waals surface area contributed by atoms with Gasteiger partial charge in [-0.05, 0) is 49.3 Å². The number of piperidine rings is 1.